The summed E-state index contributed by atoms with van der Waals surface area (Å²) in [5.41, 5.74) is 1.99. The van der Waals surface area contributed by atoms with Crippen molar-refractivity contribution in [3.63, 3.8) is 0 Å². The van der Waals surface area contributed by atoms with Gasteiger partial charge in [-0.2, -0.15) is 18.2 Å². The van der Waals surface area contributed by atoms with Gasteiger partial charge in [0.05, 0.1) is 12.1 Å². The van der Waals surface area contributed by atoms with E-state index < -0.39 is 11.7 Å². The highest BCUT2D eigenvalue weighted by atomic mass is 19.4. The van der Waals surface area contributed by atoms with Crippen LogP contribution in [-0.4, -0.2) is 26.8 Å². The van der Waals surface area contributed by atoms with E-state index in [-0.39, 0.29) is 35.8 Å². The van der Waals surface area contributed by atoms with Gasteiger partial charge in [-0.05, 0) is 49.9 Å². The average Bonchev–Trinajstić information content (AvgIpc) is 3.17. The summed E-state index contributed by atoms with van der Waals surface area (Å²) in [6, 6.07) is 5.70. The van der Waals surface area contributed by atoms with Crippen molar-refractivity contribution in [2.75, 3.05) is 10.6 Å². The number of aromatic nitrogens is 2. The quantitative estimate of drug-likeness (QED) is 0.765. The maximum atomic E-state index is 13.2. The summed E-state index contributed by atoms with van der Waals surface area (Å²) < 4.78 is 39.7. The van der Waals surface area contributed by atoms with Crippen molar-refractivity contribution in [1.29, 1.82) is 0 Å². The monoisotopic (exact) mass is 405 g/mol. The van der Waals surface area contributed by atoms with E-state index in [1.54, 1.807) is 20.8 Å². The Bertz CT molecular complexity index is 960. The number of carbonyl (C=O) groups excluding carboxylic acids is 1. The van der Waals surface area contributed by atoms with Gasteiger partial charge in [0.2, 0.25) is 11.9 Å². The Labute approximate surface area is 166 Å². The second-order valence-corrected chi connectivity index (χ2v) is 7.76. The first kappa shape index (κ1) is 19.5. The minimum absolute atomic E-state index is 0.0543. The fourth-order valence-electron chi connectivity index (χ4n) is 4.27. The smallest absolute Gasteiger partial charge is 0.367 e. The number of nitrogens with one attached hydrogen (secondary N) is 2. The number of hydrogen-bond donors (Lipinski definition) is 2. The summed E-state index contributed by atoms with van der Waals surface area (Å²) in [6.07, 6.45) is -1.89. The number of amides is 1. The molecule has 1 aromatic carbocycles. The van der Waals surface area contributed by atoms with Crippen LogP contribution >= 0.6 is 0 Å². The molecule has 154 valence electrons. The first-order valence-electron chi connectivity index (χ1n) is 9.55. The van der Waals surface area contributed by atoms with Gasteiger partial charge in [0.15, 0.2) is 0 Å². The molecule has 2 aliphatic heterocycles. The standard InChI is InChI=1S/C20H22F3N5O/c1-10(2)25-18-15(20(21,22)23)9-24-19(27-18)26-12-4-5-13-14(8-12)17-7-6-16(13)28(17)11(3)29/h4-5,8-10,16-17H,6-7H2,1-3H3,(H2,24,25,26,27). The van der Waals surface area contributed by atoms with Crippen LogP contribution in [-0.2, 0) is 11.0 Å². The van der Waals surface area contributed by atoms with E-state index in [4.69, 9.17) is 0 Å². The summed E-state index contributed by atoms with van der Waals surface area (Å²) >= 11 is 0. The summed E-state index contributed by atoms with van der Waals surface area (Å²) in [4.78, 5) is 21.8. The summed E-state index contributed by atoms with van der Waals surface area (Å²) in [6.45, 7) is 5.06. The van der Waals surface area contributed by atoms with Gasteiger partial charge in [0, 0.05) is 24.8 Å². The second-order valence-electron chi connectivity index (χ2n) is 7.76. The van der Waals surface area contributed by atoms with Crippen LogP contribution < -0.4 is 10.6 Å². The largest absolute Gasteiger partial charge is 0.421 e. The second kappa shape index (κ2) is 6.89. The lowest BCUT2D eigenvalue weighted by molar-refractivity contribution is -0.137. The van der Waals surface area contributed by atoms with Gasteiger partial charge in [-0.25, -0.2) is 4.98 Å². The van der Waals surface area contributed by atoms with Crippen LogP contribution in [0.25, 0.3) is 0 Å². The third-order valence-corrected chi connectivity index (χ3v) is 5.33. The molecule has 2 aromatic rings. The van der Waals surface area contributed by atoms with E-state index >= 15 is 0 Å². The molecule has 2 atom stereocenters. The average molecular weight is 405 g/mol. The third kappa shape index (κ3) is 3.49. The number of anilines is 3. The molecule has 6 nitrogen and oxygen atoms in total. The normalized spacial score (nSPS) is 20.2. The summed E-state index contributed by atoms with van der Waals surface area (Å²) in [5.74, 6) is -0.126. The third-order valence-electron chi connectivity index (χ3n) is 5.33. The van der Waals surface area contributed by atoms with E-state index in [1.807, 2.05) is 23.1 Å². The first-order valence-corrected chi connectivity index (χ1v) is 9.55. The molecule has 29 heavy (non-hydrogen) atoms. The van der Waals surface area contributed by atoms with E-state index in [0.717, 1.165) is 30.2 Å². The van der Waals surface area contributed by atoms with E-state index in [1.165, 1.54) is 0 Å². The van der Waals surface area contributed by atoms with Crippen molar-refractivity contribution in [2.24, 2.45) is 0 Å². The van der Waals surface area contributed by atoms with Crippen LogP contribution in [0, 0.1) is 0 Å². The Morgan fingerprint density at radius 1 is 1.21 bits per heavy atom. The Morgan fingerprint density at radius 2 is 1.90 bits per heavy atom. The van der Waals surface area contributed by atoms with Gasteiger partial charge in [0.25, 0.3) is 0 Å². The molecule has 0 aliphatic carbocycles. The molecule has 4 rings (SSSR count). The Kier molecular flexibility index (Phi) is 4.63. The van der Waals surface area contributed by atoms with Gasteiger partial charge in [-0.1, -0.05) is 6.07 Å². The number of nitrogens with zero attached hydrogens (tertiary/aromatic N) is 3. The molecular formula is C20H22F3N5O. The van der Waals surface area contributed by atoms with E-state index in [9.17, 15) is 18.0 Å². The molecule has 2 bridgehead atoms. The van der Waals surface area contributed by atoms with Crippen molar-refractivity contribution in [3.05, 3.63) is 41.1 Å². The number of halogens is 3. The molecule has 9 heteroatoms. The zero-order chi connectivity index (χ0) is 20.9. The Morgan fingerprint density at radius 3 is 2.52 bits per heavy atom. The minimum atomic E-state index is -4.54. The molecular weight excluding hydrogens is 383 g/mol. The number of fused-ring (bicyclic) bond motifs is 5. The minimum Gasteiger partial charge on any atom is -0.367 e. The van der Waals surface area contributed by atoms with Crippen LogP contribution in [0.3, 0.4) is 0 Å². The lowest BCUT2D eigenvalue weighted by atomic mass is 9.91. The van der Waals surface area contributed by atoms with Crippen LogP contribution in [0.5, 0.6) is 0 Å². The highest BCUT2D eigenvalue weighted by Crippen LogP contribution is 2.53. The van der Waals surface area contributed by atoms with Crippen LogP contribution in [0.2, 0.25) is 0 Å². The van der Waals surface area contributed by atoms with Crippen LogP contribution in [0.4, 0.5) is 30.6 Å². The summed E-state index contributed by atoms with van der Waals surface area (Å²) in [7, 11) is 0. The van der Waals surface area contributed by atoms with Crippen LogP contribution in [0.1, 0.15) is 62.4 Å². The van der Waals surface area contributed by atoms with Gasteiger partial charge in [-0.15, -0.1) is 0 Å². The van der Waals surface area contributed by atoms with Crippen molar-refractivity contribution < 1.29 is 18.0 Å². The van der Waals surface area contributed by atoms with Gasteiger partial charge in [-0.3, -0.25) is 4.79 Å². The van der Waals surface area contributed by atoms with E-state index in [2.05, 4.69) is 20.6 Å². The maximum Gasteiger partial charge on any atom is 0.421 e. The zero-order valence-corrected chi connectivity index (χ0v) is 16.3. The molecule has 1 amide bonds. The lowest BCUT2D eigenvalue weighted by Crippen LogP contribution is -2.24. The van der Waals surface area contributed by atoms with Gasteiger partial charge >= 0.3 is 6.18 Å². The molecule has 2 aliphatic rings. The fraction of sp³-hybridized carbons (Fsp3) is 0.450. The predicted octanol–water partition coefficient (Wildman–Crippen LogP) is 4.80. The molecule has 2 unspecified atom stereocenters. The van der Waals surface area contributed by atoms with Crippen molar-refractivity contribution in [1.82, 2.24) is 14.9 Å². The lowest BCUT2D eigenvalue weighted by Gasteiger charge is -2.20. The number of alkyl halides is 3. The number of rotatable bonds is 4. The highest BCUT2D eigenvalue weighted by Gasteiger charge is 2.45. The molecule has 1 saturated heterocycles. The van der Waals surface area contributed by atoms with Crippen molar-refractivity contribution in [3.8, 4) is 0 Å². The highest BCUT2D eigenvalue weighted by molar-refractivity contribution is 5.77. The Hall–Kier alpha value is -2.84. The van der Waals surface area contributed by atoms with Crippen molar-refractivity contribution in [2.45, 2.75) is 57.9 Å². The van der Waals surface area contributed by atoms with Gasteiger partial charge < -0.3 is 15.5 Å². The molecule has 2 N–H and O–H groups in total. The molecule has 0 saturated carbocycles. The topological polar surface area (TPSA) is 70.2 Å². The molecule has 1 aromatic heterocycles. The molecule has 0 radical (unpaired) electrons. The number of benzene rings is 1. The van der Waals surface area contributed by atoms with Gasteiger partial charge in [0.1, 0.15) is 11.4 Å². The van der Waals surface area contributed by atoms with Crippen LogP contribution in [0.15, 0.2) is 24.4 Å². The first-order chi connectivity index (χ1) is 13.6. The predicted molar refractivity (Wildman–Crippen MR) is 103 cm³/mol. The molecule has 3 heterocycles. The maximum absolute atomic E-state index is 13.2. The summed E-state index contributed by atoms with van der Waals surface area (Å²) in [5, 5.41) is 5.73. The fourth-order valence-corrected chi connectivity index (χ4v) is 4.27. The van der Waals surface area contributed by atoms with Crippen molar-refractivity contribution >= 4 is 23.4 Å². The SMILES string of the molecule is CC(=O)N1C2CCC1c1cc(Nc3ncc(C(F)(F)F)c(NC(C)C)n3)ccc12. The Balaban J connectivity index is 1.62. The number of carbonyl (C=O) groups is 1. The molecule has 1 fully saturated rings. The number of hydrogen-bond acceptors (Lipinski definition) is 5. The molecule has 0 spiro atoms. The zero-order valence-electron chi connectivity index (χ0n) is 16.3. The van der Waals surface area contributed by atoms with E-state index in [0.29, 0.717) is 5.69 Å².